The van der Waals surface area contributed by atoms with Gasteiger partial charge in [-0.1, -0.05) is 27.7 Å². The molecule has 0 rings (SSSR count). The van der Waals surface area contributed by atoms with Crippen LogP contribution in [0.4, 0.5) is 0 Å². The number of aliphatic hydroxyl groups is 6. The van der Waals surface area contributed by atoms with Crippen LogP contribution in [-0.4, -0.2) is 94.2 Å². The van der Waals surface area contributed by atoms with Gasteiger partial charge in [-0.2, -0.15) is 0 Å². The van der Waals surface area contributed by atoms with Crippen molar-refractivity contribution in [1.29, 1.82) is 0 Å². The molecule has 2 amide bonds. The van der Waals surface area contributed by atoms with Crippen LogP contribution in [0.15, 0.2) is 0 Å². The average Bonchev–Trinajstić information content (AvgIpc) is 2.67. The second-order valence-corrected chi connectivity index (χ2v) is 7.83. The maximum atomic E-state index is 11.3. The van der Waals surface area contributed by atoms with Gasteiger partial charge < -0.3 is 41.3 Å². The number of amides is 2. The molecule has 8 N–H and O–H groups in total. The minimum atomic E-state index is -1.23. The summed E-state index contributed by atoms with van der Waals surface area (Å²) in [7, 11) is 0. The summed E-state index contributed by atoms with van der Waals surface area (Å²) in [5.74, 6) is -1.03. The molecule has 0 aromatic rings. The molecule has 10 heteroatoms. The summed E-state index contributed by atoms with van der Waals surface area (Å²) in [6.45, 7) is 6.53. The normalized spacial score (nSPS) is 13.8. The molecule has 10 nitrogen and oxygen atoms in total. The Morgan fingerprint density at radius 3 is 1.21 bits per heavy atom. The molecule has 0 unspecified atom stereocenters. The first kappa shape index (κ1) is 28.9. The molecular formula is C18H38N2O8. The van der Waals surface area contributed by atoms with Crippen molar-refractivity contribution in [3.63, 3.8) is 0 Å². The van der Waals surface area contributed by atoms with Gasteiger partial charge in [0, 0.05) is 37.1 Å². The summed E-state index contributed by atoms with van der Waals surface area (Å²) >= 11 is 0. The van der Waals surface area contributed by atoms with Crippen LogP contribution in [0.25, 0.3) is 0 Å². The number of nitrogens with one attached hydrogen (secondary N) is 2. The molecule has 0 aliphatic rings. The predicted molar refractivity (Wildman–Crippen MR) is 103 cm³/mol. The zero-order chi connectivity index (χ0) is 22.4. The van der Waals surface area contributed by atoms with E-state index in [0.717, 1.165) is 0 Å². The lowest BCUT2D eigenvalue weighted by molar-refractivity contribution is -0.137. The van der Waals surface area contributed by atoms with Crippen molar-refractivity contribution in [3.8, 4) is 0 Å². The SMILES string of the molecule is CC(C)(CO)[C@@H](O)C(=O)NCCCO.CC(C)(CO)[C@H](O)C(=O)NCCCO. The van der Waals surface area contributed by atoms with E-state index in [2.05, 4.69) is 10.6 Å². The van der Waals surface area contributed by atoms with Crippen molar-refractivity contribution in [3.05, 3.63) is 0 Å². The van der Waals surface area contributed by atoms with Gasteiger partial charge >= 0.3 is 0 Å². The first-order valence-electron chi connectivity index (χ1n) is 9.26. The molecule has 0 aliphatic heterocycles. The average molecular weight is 411 g/mol. The van der Waals surface area contributed by atoms with Crippen molar-refractivity contribution in [2.75, 3.05) is 39.5 Å². The number of carbonyl (C=O) groups is 2. The first-order valence-corrected chi connectivity index (χ1v) is 9.26. The molecule has 0 aliphatic carbocycles. The smallest absolute Gasteiger partial charge is 0.249 e. The molecule has 0 fully saturated rings. The van der Waals surface area contributed by atoms with E-state index < -0.39 is 34.9 Å². The van der Waals surface area contributed by atoms with E-state index in [1.54, 1.807) is 27.7 Å². The summed E-state index contributed by atoms with van der Waals surface area (Å²) in [4.78, 5) is 22.5. The number of rotatable bonds is 12. The zero-order valence-electron chi connectivity index (χ0n) is 17.3. The third-order valence-corrected chi connectivity index (χ3v) is 4.06. The minimum Gasteiger partial charge on any atom is -0.396 e. The number of aliphatic hydroxyl groups excluding tert-OH is 6. The lowest BCUT2D eigenvalue weighted by Crippen LogP contribution is -2.45. The van der Waals surface area contributed by atoms with E-state index >= 15 is 0 Å². The van der Waals surface area contributed by atoms with E-state index in [-0.39, 0.29) is 26.4 Å². The Labute approximate surface area is 166 Å². The highest BCUT2D eigenvalue weighted by Crippen LogP contribution is 2.20. The summed E-state index contributed by atoms with van der Waals surface area (Å²) in [6.07, 6.45) is -1.55. The highest BCUT2D eigenvalue weighted by atomic mass is 16.3. The van der Waals surface area contributed by atoms with E-state index in [1.807, 2.05) is 0 Å². The maximum Gasteiger partial charge on any atom is 0.249 e. The van der Waals surface area contributed by atoms with Gasteiger partial charge in [0.05, 0.1) is 13.2 Å². The van der Waals surface area contributed by atoms with Crippen LogP contribution in [0.3, 0.4) is 0 Å². The Kier molecular flexibility index (Phi) is 15.1. The number of carbonyl (C=O) groups excluding carboxylic acids is 2. The summed E-state index contributed by atoms with van der Waals surface area (Å²) in [5, 5.41) is 58.7. The quantitative estimate of drug-likeness (QED) is 0.166. The monoisotopic (exact) mass is 410 g/mol. The number of hydrogen-bond donors (Lipinski definition) is 8. The second-order valence-electron chi connectivity index (χ2n) is 7.83. The zero-order valence-corrected chi connectivity index (χ0v) is 17.3. The fraction of sp³-hybridized carbons (Fsp3) is 0.889. The molecule has 0 aromatic heterocycles. The van der Waals surface area contributed by atoms with E-state index in [1.165, 1.54) is 0 Å². The summed E-state index contributed by atoms with van der Waals surface area (Å²) in [5.41, 5.74) is -1.69. The molecule has 0 radical (unpaired) electrons. The second kappa shape index (κ2) is 14.7. The molecule has 0 saturated heterocycles. The number of hydrogen-bond acceptors (Lipinski definition) is 8. The van der Waals surface area contributed by atoms with Crippen molar-refractivity contribution < 1.29 is 40.2 Å². The molecule has 0 aromatic carbocycles. The van der Waals surface area contributed by atoms with Gasteiger partial charge in [0.2, 0.25) is 11.8 Å². The van der Waals surface area contributed by atoms with Crippen LogP contribution in [0.1, 0.15) is 40.5 Å². The maximum absolute atomic E-state index is 11.3. The lowest BCUT2D eigenvalue weighted by atomic mass is 9.87. The molecule has 0 bridgehead atoms. The highest BCUT2D eigenvalue weighted by molar-refractivity contribution is 5.81. The van der Waals surface area contributed by atoms with Gasteiger partial charge in [0.15, 0.2) is 0 Å². The molecule has 28 heavy (non-hydrogen) atoms. The van der Waals surface area contributed by atoms with Gasteiger partial charge in [-0.25, -0.2) is 0 Å². The molecule has 0 saturated carbocycles. The van der Waals surface area contributed by atoms with Crippen LogP contribution >= 0.6 is 0 Å². The van der Waals surface area contributed by atoms with Crippen LogP contribution in [0, 0.1) is 10.8 Å². The molecule has 0 heterocycles. The van der Waals surface area contributed by atoms with Crippen molar-refractivity contribution in [1.82, 2.24) is 10.6 Å². The minimum absolute atomic E-state index is 0.000230. The van der Waals surface area contributed by atoms with Crippen molar-refractivity contribution in [2.45, 2.75) is 52.7 Å². The fourth-order valence-corrected chi connectivity index (χ4v) is 1.66. The van der Waals surface area contributed by atoms with Crippen LogP contribution in [-0.2, 0) is 9.59 Å². The van der Waals surface area contributed by atoms with E-state index in [4.69, 9.17) is 20.4 Å². The Morgan fingerprint density at radius 1 is 0.714 bits per heavy atom. The summed E-state index contributed by atoms with van der Waals surface area (Å²) in [6, 6.07) is 0. The molecular weight excluding hydrogens is 372 g/mol. The Balaban J connectivity index is 0. The van der Waals surface area contributed by atoms with Gasteiger partial charge in [-0.15, -0.1) is 0 Å². The molecule has 2 atom stereocenters. The van der Waals surface area contributed by atoms with Gasteiger partial charge in [-0.05, 0) is 12.8 Å². The third kappa shape index (κ3) is 11.5. The molecule has 0 spiro atoms. The lowest BCUT2D eigenvalue weighted by Gasteiger charge is -2.27. The standard InChI is InChI=1S/2C9H19NO4/c2*1-9(2,6-12)7(13)8(14)10-4-3-5-11/h2*7,11-13H,3-6H2,1-2H3,(H,10,14)/t2*7-/m10/s1. The van der Waals surface area contributed by atoms with Crippen molar-refractivity contribution in [2.24, 2.45) is 10.8 Å². The van der Waals surface area contributed by atoms with E-state index in [0.29, 0.717) is 25.9 Å². The third-order valence-electron chi connectivity index (χ3n) is 4.06. The van der Waals surface area contributed by atoms with Gasteiger partial charge in [-0.3, -0.25) is 9.59 Å². The summed E-state index contributed by atoms with van der Waals surface area (Å²) < 4.78 is 0. The van der Waals surface area contributed by atoms with Crippen LogP contribution in [0.2, 0.25) is 0 Å². The van der Waals surface area contributed by atoms with Gasteiger partial charge in [0.25, 0.3) is 0 Å². The van der Waals surface area contributed by atoms with Gasteiger partial charge in [0.1, 0.15) is 12.2 Å². The Hall–Kier alpha value is -1.30. The Morgan fingerprint density at radius 2 is 1.00 bits per heavy atom. The Bertz CT molecular complexity index is 403. The molecule has 168 valence electrons. The highest BCUT2D eigenvalue weighted by Gasteiger charge is 2.33. The fourth-order valence-electron chi connectivity index (χ4n) is 1.66. The van der Waals surface area contributed by atoms with Crippen molar-refractivity contribution >= 4 is 11.8 Å². The van der Waals surface area contributed by atoms with E-state index in [9.17, 15) is 19.8 Å². The largest absolute Gasteiger partial charge is 0.396 e. The van der Waals surface area contributed by atoms with Crippen LogP contribution < -0.4 is 10.6 Å². The van der Waals surface area contributed by atoms with Crippen LogP contribution in [0.5, 0.6) is 0 Å². The first-order chi connectivity index (χ1) is 12.9. The topological polar surface area (TPSA) is 180 Å². The predicted octanol–water partition coefficient (Wildman–Crippen LogP) is -2.27.